The second-order valence-corrected chi connectivity index (χ2v) is 23.8. The molecule has 0 aliphatic heterocycles. The summed E-state index contributed by atoms with van der Waals surface area (Å²) in [5.41, 5.74) is 0. The van der Waals surface area contributed by atoms with Crippen molar-refractivity contribution in [1.29, 1.82) is 0 Å². The van der Waals surface area contributed by atoms with E-state index in [1.807, 2.05) is 21.1 Å². The highest BCUT2D eigenvalue weighted by Crippen LogP contribution is 2.38. The zero-order valence-electron chi connectivity index (χ0n) is 52.0. The molecule has 0 aromatic heterocycles. The number of carbonyl (C=O) groups is 2. The molecule has 0 aromatic carbocycles. The van der Waals surface area contributed by atoms with Crippen molar-refractivity contribution in [2.75, 3.05) is 47.5 Å². The van der Waals surface area contributed by atoms with E-state index in [9.17, 15) is 19.0 Å². The molecule has 9 nitrogen and oxygen atoms in total. The number of rotatable bonds is 58. The Kier molecular flexibility index (Phi) is 57.3. The molecule has 0 saturated heterocycles. The maximum absolute atomic E-state index is 12.8. The van der Waals surface area contributed by atoms with Crippen LogP contribution in [0, 0.1) is 0 Å². The number of hydrogen-bond acceptors (Lipinski definition) is 8. The van der Waals surface area contributed by atoms with Gasteiger partial charge in [-0.3, -0.25) is 14.2 Å². The number of carbonyl (C=O) groups excluding carboxylic acids is 2. The van der Waals surface area contributed by atoms with E-state index >= 15 is 0 Å². The summed E-state index contributed by atoms with van der Waals surface area (Å²) in [5.74, 6) is -0.852. The molecule has 0 fully saturated rings. The molecule has 10 heteroatoms. The highest BCUT2D eigenvalue weighted by molar-refractivity contribution is 7.45. The van der Waals surface area contributed by atoms with E-state index in [-0.39, 0.29) is 26.1 Å². The van der Waals surface area contributed by atoms with Crippen LogP contribution < -0.4 is 4.89 Å². The number of unbranched alkanes of at least 4 members (excludes halogenated alkanes) is 24. The molecule has 458 valence electrons. The van der Waals surface area contributed by atoms with Crippen molar-refractivity contribution in [1.82, 2.24) is 0 Å². The van der Waals surface area contributed by atoms with Gasteiger partial charge in [-0.15, -0.1) is 0 Å². The average molecular weight is 1130 g/mol. The molecule has 0 aliphatic carbocycles. The molecule has 0 aliphatic rings. The lowest BCUT2D eigenvalue weighted by atomic mass is 10.0. The molecule has 0 N–H and O–H groups in total. The summed E-state index contributed by atoms with van der Waals surface area (Å²) in [4.78, 5) is 37.9. The normalized spacial score (nSPS) is 14.0. The van der Waals surface area contributed by atoms with Gasteiger partial charge in [-0.25, -0.2) is 0 Å². The Morgan fingerprint density at radius 2 is 0.675 bits per heavy atom. The topological polar surface area (TPSA) is 111 Å². The third-order valence-corrected chi connectivity index (χ3v) is 14.4. The van der Waals surface area contributed by atoms with Crippen molar-refractivity contribution < 1.29 is 42.1 Å². The van der Waals surface area contributed by atoms with Crippen LogP contribution in [0.25, 0.3) is 0 Å². The van der Waals surface area contributed by atoms with Gasteiger partial charge in [-0.05, 0) is 103 Å². The van der Waals surface area contributed by atoms with Crippen molar-refractivity contribution in [3.05, 3.63) is 122 Å². The van der Waals surface area contributed by atoms with E-state index < -0.39 is 32.5 Å². The third kappa shape index (κ3) is 63.6. The number of nitrogens with zero attached hydrogens (tertiary/aromatic N) is 1. The lowest BCUT2D eigenvalue weighted by Crippen LogP contribution is -2.37. The van der Waals surface area contributed by atoms with Gasteiger partial charge in [0, 0.05) is 12.8 Å². The zero-order chi connectivity index (χ0) is 58.4. The lowest BCUT2D eigenvalue weighted by molar-refractivity contribution is -0.870. The van der Waals surface area contributed by atoms with Crippen molar-refractivity contribution >= 4 is 19.8 Å². The fourth-order valence-corrected chi connectivity index (χ4v) is 9.32. The Morgan fingerprint density at radius 1 is 0.388 bits per heavy atom. The quantitative estimate of drug-likeness (QED) is 0.0195. The Labute approximate surface area is 492 Å². The van der Waals surface area contributed by atoms with Crippen molar-refractivity contribution in [2.45, 2.75) is 264 Å². The molecule has 0 rings (SSSR count). The van der Waals surface area contributed by atoms with Gasteiger partial charge in [0.25, 0.3) is 7.82 Å². The summed E-state index contributed by atoms with van der Waals surface area (Å²) in [7, 11) is 1.15. The lowest BCUT2D eigenvalue weighted by Gasteiger charge is -2.28. The van der Waals surface area contributed by atoms with E-state index in [0.717, 1.165) is 116 Å². The van der Waals surface area contributed by atoms with Crippen LogP contribution >= 0.6 is 7.82 Å². The minimum absolute atomic E-state index is 0.0373. The summed E-state index contributed by atoms with van der Waals surface area (Å²) in [6.45, 7) is 3.99. The minimum atomic E-state index is -4.64. The zero-order valence-corrected chi connectivity index (χ0v) is 52.9. The highest BCUT2D eigenvalue weighted by atomic mass is 31.2. The monoisotopic (exact) mass is 1130 g/mol. The van der Waals surface area contributed by atoms with Crippen LogP contribution in [-0.4, -0.2) is 70.0 Å². The molecule has 0 heterocycles. The number of phosphoric acid groups is 1. The van der Waals surface area contributed by atoms with E-state index in [0.29, 0.717) is 23.9 Å². The van der Waals surface area contributed by atoms with Crippen LogP contribution in [0.5, 0.6) is 0 Å². The van der Waals surface area contributed by atoms with Gasteiger partial charge in [0.05, 0.1) is 27.7 Å². The average Bonchev–Trinajstić information content (AvgIpc) is 3.42. The van der Waals surface area contributed by atoms with Crippen LogP contribution in [0.15, 0.2) is 122 Å². The maximum atomic E-state index is 12.8. The molecule has 0 spiro atoms. The van der Waals surface area contributed by atoms with Gasteiger partial charge in [0.2, 0.25) is 0 Å². The SMILES string of the molecule is CC/C=C\C/C=C\C/C=C\C/C=C\C/C=C\C/C=C\C/C=C\CCCCCCCCCCCCCCCCCCCCCC(=O)OC(COC(=O)CCCCCCC/C=C\C/C=C\C/C=C\CC)COP(=O)([O-])OCC[N+](C)(C)C. The minimum Gasteiger partial charge on any atom is -0.756 e. The van der Waals surface area contributed by atoms with Gasteiger partial charge < -0.3 is 27.9 Å². The summed E-state index contributed by atoms with van der Waals surface area (Å²) < 4.78 is 34.1. The number of phosphoric ester groups is 1. The number of allylic oxidation sites excluding steroid dienone is 20. The molecule has 0 amide bonds. The molecule has 0 bridgehead atoms. The van der Waals surface area contributed by atoms with Crippen LogP contribution in [0.4, 0.5) is 0 Å². The highest BCUT2D eigenvalue weighted by Gasteiger charge is 2.22. The van der Waals surface area contributed by atoms with Crippen molar-refractivity contribution in [3.8, 4) is 0 Å². The Balaban J connectivity index is 3.97. The maximum Gasteiger partial charge on any atom is 0.306 e. The first-order valence-corrected chi connectivity index (χ1v) is 33.7. The molecular formula is C70H120NO8P. The molecule has 2 unspecified atom stereocenters. The summed E-state index contributed by atoms with van der Waals surface area (Å²) in [6, 6.07) is 0. The molecule has 80 heavy (non-hydrogen) atoms. The van der Waals surface area contributed by atoms with E-state index in [2.05, 4.69) is 135 Å². The molecule has 0 radical (unpaired) electrons. The second-order valence-electron chi connectivity index (χ2n) is 22.4. The Morgan fingerprint density at radius 3 is 1.00 bits per heavy atom. The van der Waals surface area contributed by atoms with Gasteiger partial charge in [-0.1, -0.05) is 264 Å². The fraction of sp³-hybridized carbons (Fsp3) is 0.686. The molecule has 0 aromatic rings. The number of hydrogen-bond donors (Lipinski definition) is 0. The van der Waals surface area contributed by atoms with Crippen LogP contribution in [0.3, 0.4) is 0 Å². The van der Waals surface area contributed by atoms with Gasteiger partial charge in [0.1, 0.15) is 19.8 Å². The predicted octanol–water partition coefficient (Wildman–Crippen LogP) is 20.1. The second kappa shape index (κ2) is 60.0. The largest absolute Gasteiger partial charge is 0.756 e. The summed E-state index contributed by atoms with van der Waals surface area (Å²) in [6.07, 6.45) is 85.7. The number of ether oxygens (including phenoxy) is 2. The Bertz CT molecular complexity index is 1760. The molecular weight excluding hydrogens is 1010 g/mol. The van der Waals surface area contributed by atoms with Crippen LogP contribution in [0.1, 0.15) is 258 Å². The number of likely N-dealkylation sites (N-methyl/N-ethyl adjacent to an activating group) is 1. The van der Waals surface area contributed by atoms with Crippen LogP contribution in [0.2, 0.25) is 0 Å². The smallest absolute Gasteiger partial charge is 0.306 e. The van der Waals surface area contributed by atoms with E-state index in [1.54, 1.807) is 0 Å². The third-order valence-electron chi connectivity index (χ3n) is 13.5. The van der Waals surface area contributed by atoms with Gasteiger partial charge in [0.15, 0.2) is 6.10 Å². The molecule has 2 atom stereocenters. The predicted molar refractivity (Wildman–Crippen MR) is 341 cm³/mol. The van der Waals surface area contributed by atoms with Crippen LogP contribution in [-0.2, 0) is 32.7 Å². The Hall–Kier alpha value is -3.59. The number of quaternary nitrogens is 1. The van der Waals surface area contributed by atoms with Crippen molar-refractivity contribution in [3.63, 3.8) is 0 Å². The van der Waals surface area contributed by atoms with E-state index in [1.165, 1.54) is 103 Å². The first-order valence-electron chi connectivity index (χ1n) is 32.2. The van der Waals surface area contributed by atoms with E-state index in [4.69, 9.17) is 18.5 Å². The molecule has 0 saturated carbocycles. The standard InChI is InChI=1S/C70H120NO8P/c1-6-8-10-12-14-16-18-20-22-23-24-25-26-27-28-29-30-31-32-33-34-35-36-37-38-39-40-41-42-43-44-45-46-47-49-51-53-55-57-59-61-63-70(73)79-68(67-78-80(74,75)77-65-64-71(3,4)5)66-76-69(72)62-60-58-56-54-52-50-48-21-19-17-15-13-11-9-7-2/h8-11,14-17,20-22,24-25,27-28,30-31,33-34,48,68H,6-7,12-13,18-19,23,26,29,32,35-47,49-67H2,1-5H3/b10-8-,11-9-,16-14-,17-15-,22-20-,25-24-,28-27-,31-30-,34-33-,48-21-. The van der Waals surface area contributed by atoms with Gasteiger partial charge >= 0.3 is 11.9 Å². The number of esters is 2. The first kappa shape index (κ1) is 76.4. The summed E-state index contributed by atoms with van der Waals surface area (Å²) >= 11 is 0. The van der Waals surface area contributed by atoms with Gasteiger partial charge in [-0.2, -0.15) is 0 Å². The van der Waals surface area contributed by atoms with Crippen molar-refractivity contribution in [2.24, 2.45) is 0 Å². The fourth-order valence-electron chi connectivity index (χ4n) is 8.59. The summed E-state index contributed by atoms with van der Waals surface area (Å²) in [5, 5.41) is 0. The first-order chi connectivity index (χ1) is 39.0.